The smallest absolute Gasteiger partial charge is 0.252 e. The third-order valence-electron chi connectivity index (χ3n) is 3.12. The molecule has 0 saturated heterocycles. The molecule has 0 aliphatic heterocycles. The van der Waals surface area contributed by atoms with E-state index in [1.807, 2.05) is 6.07 Å². The van der Waals surface area contributed by atoms with Crippen molar-refractivity contribution in [3.8, 4) is 11.5 Å². The molecular formula is C17H17ClO3. The van der Waals surface area contributed by atoms with Crippen LogP contribution in [0, 0.1) is 6.92 Å². The fraction of sp³-hybridized carbons (Fsp3) is 0.235. The van der Waals surface area contributed by atoms with E-state index in [9.17, 15) is 4.79 Å². The molecule has 2 aromatic rings. The summed E-state index contributed by atoms with van der Waals surface area (Å²) in [7, 11) is 1.56. The second kappa shape index (κ2) is 7.14. The molecule has 0 radical (unpaired) electrons. The fourth-order valence-electron chi connectivity index (χ4n) is 2.06. The molecule has 0 aliphatic rings. The molecule has 3 nitrogen and oxygen atoms in total. The average molecular weight is 305 g/mol. The molecule has 0 bridgehead atoms. The van der Waals surface area contributed by atoms with Gasteiger partial charge in [0.15, 0.2) is 11.5 Å². The van der Waals surface area contributed by atoms with Crippen LogP contribution in [0.3, 0.4) is 0 Å². The summed E-state index contributed by atoms with van der Waals surface area (Å²) in [4.78, 5) is 11.2. The molecule has 4 heteroatoms. The summed E-state index contributed by atoms with van der Waals surface area (Å²) in [5, 5.41) is -0.513. The summed E-state index contributed by atoms with van der Waals surface area (Å²) < 4.78 is 10.9. The lowest BCUT2D eigenvalue weighted by Crippen LogP contribution is -2.04. The van der Waals surface area contributed by atoms with Crippen LogP contribution >= 0.6 is 11.6 Å². The van der Waals surface area contributed by atoms with E-state index in [0.717, 1.165) is 6.42 Å². The van der Waals surface area contributed by atoms with Crippen molar-refractivity contribution < 1.29 is 14.3 Å². The SMILES string of the molecule is COc1ccc(C(=O)Cl)cc1OCCc1cccc(C)c1. The quantitative estimate of drug-likeness (QED) is 0.757. The predicted molar refractivity (Wildman–Crippen MR) is 83.6 cm³/mol. The first-order valence-corrected chi connectivity index (χ1v) is 7.04. The highest BCUT2D eigenvalue weighted by molar-refractivity contribution is 6.67. The first-order chi connectivity index (χ1) is 10.1. The van der Waals surface area contributed by atoms with Gasteiger partial charge in [-0.05, 0) is 42.3 Å². The minimum atomic E-state index is -0.513. The Hall–Kier alpha value is -2.00. The minimum Gasteiger partial charge on any atom is -0.493 e. The molecule has 0 N–H and O–H groups in total. The highest BCUT2D eigenvalue weighted by Gasteiger charge is 2.09. The minimum absolute atomic E-state index is 0.392. The highest BCUT2D eigenvalue weighted by Crippen LogP contribution is 2.28. The number of hydrogen-bond donors (Lipinski definition) is 0. The van der Waals surface area contributed by atoms with Gasteiger partial charge in [0.2, 0.25) is 0 Å². The fourth-order valence-corrected chi connectivity index (χ4v) is 2.18. The molecule has 0 fully saturated rings. The van der Waals surface area contributed by atoms with E-state index in [4.69, 9.17) is 21.1 Å². The van der Waals surface area contributed by atoms with Crippen molar-refractivity contribution in [1.29, 1.82) is 0 Å². The maximum atomic E-state index is 11.2. The van der Waals surface area contributed by atoms with E-state index in [2.05, 4.69) is 25.1 Å². The van der Waals surface area contributed by atoms with Crippen molar-refractivity contribution in [1.82, 2.24) is 0 Å². The number of carbonyl (C=O) groups is 1. The molecule has 21 heavy (non-hydrogen) atoms. The molecule has 0 saturated carbocycles. The zero-order valence-electron chi connectivity index (χ0n) is 12.1. The van der Waals surface area contributed by atoms with Crippen LogP contribution in [0.4, 0.5) is 0 Å². The number of halogens is 1. The number of aryl methyl sites for hydroxylation is 1. The number of methoxy groups -OCH3 is 1. The van der Waals surface area contributed by atoms with Crippen LogP contribution in [0.15, 0.2) is 42.5 Å². The number of rotatable bonds is 6. The summed E-state index contributed by atoms with van der Waals surface area (Å²) >= 11 is 5.48. The summed E-state index contributed by atoms with van der Waals surface area (Å²) in [6.45, 7) is 2.56. The van der Waals surface area contributed by atoms with Crippen LogP contribution in [-0.2, 0) is 6.42 Å². The van der Waals surface area contributed by atoms with Gasteiger partial charge in [-0.25, -0.2) is 0 Å². The standard InChI is InChI=1S/C17H17ClO3/c1-12-4-3-5-13(10-12)8-9-21-16-11-14(17(18)19)6-7-15(16)20-2/h3-7,10-11H,8-9H2,1-2H3. The number of carbonyl (C=O) groups excluding carboxylic acids is 1. The summed E-state index contributed by atoms with van der Waals surface area (Å²) in [5.41, 5.74) is 2.82. The molecular weight excluding hydrogens is 288 g/mol. The van der Waals surface area contributed by atoms with Gasteiger partial charge in [0, 0.05) is 12.0 Å². The van der Waals surface area contributed by atoms with E-state index in [1.54, 1.807) is 25.3 Å². The van der Waals surface area contributed by atoms with Crippen LogP contribution in [0.2, 0.25) is 0 Å². The molecule has 2 aromatic carbocycles. The second-order valence-electron chi connectivity index (χ2n) is 4.73. The molecule has 110 valence electrons. The number of ether oxygens (including phenoxy) is 2. The van der Waals surface area contributed by atoms with E-state index >= 15 is 0 Å². The summed E-state index contributed by atoms with van der Waals surface area (Å²) in [6, 6.07) is 13.2. The molecule has 0 aliphatic carbocycles. The number of hydrogen-bond acceptors (Lipinski definition) is 3. The van der Waals surface area contributed by atoms with Crippen molar-refractivity contribution in [3.63, 3.8) is 0 Å². The van der Waals surface area contributed by atoms with Gasteiger partial charge in [-0.3, -0.25) is 4.79 Å². The lowest BCUT2D eigenvalue weighted by Gasteiger charge is -2.11. The van der Waals surface area contributed by atoms with Gasteiger partial charge in [0.05, 0.1) is 13.7 Å². The van der Waals surface area contributed by atoms with Gasteiger partial charge < -0.3 is 9.47 Å². The van der Waals surface area contributed by atoms with Gasteiger partial charge in [-0.2, -0.15) is 0 Å². The van der Waals surface area contributed by atoms with Crippen molar-refractivity contribution in [2.24, 2.45) is 0 Å². The van der Waals surface area contributed by atoms with Crippen molar-refractivity contribution >= 4 is 16.8 Å². The van der Waals surface area contributed by atoms with Crippen LogP contribution in [0.25, 0.3) is 0 Å². The first-order valence-electron chi connectivity index (χ1n) is 6.66. The topological polar surface area (TPSA) is 35.5 Å². The van der Waals surface area contributed by atoms with Crippen LogP contribution in [0.1, 0.15) is 21.5 Å². The molecule has 0 spiro atoms. The van der Waals surface area contributed by atoms with E-state index in [-0.39, 0.29) is 0 Å². The Balaban J connectivity index is 2.05. The lowest BCUT2D eigenvalue weighted by molar-refractivity contribution is 0.108. The van der Waals surface area contributed by atoms with Crippen molar-refractivity contribution in [2.75, 3.05) is 13.7 Å². The second-order valence-corrected chi connectivity index (χ2v) is 5.07. The van der Waals surface area contributed by atoms with Gasteiger partial charge in [-0.1, -0.05) is 29.8 Å². The molecule has 0 amide bonds. The summed E-state index contributed by atoms with van der Waals surface area (Å²) in [6.07, 6.45) is 0.782. The van der Waals surface area contributed by atoms with Gasteiger partial charge in [-0.15, -0.1) is 0 Å². The van der Waals surface area contributed by atoms with Crippen molar-refractivity contribution in [3.05, 3.63) is 59.2 Å². The third kappa shape index (κ3) is 4.23. The van der Waals surface area contributed by atoms with Crippen LogP contribution < -0.4 is 9.47 Å². The molecule has 0 aromatic heterocycles. The Morgan fingerprint density at radius 1 is 1.14 bits per heavy atom. The number of benzene rings is 2. The Morgan fingerprint density at radius 3 is 2.62 bits per heavy atom. The Labute approximate surface area is 129 Å². The Morgan fingerprint density at radius 2 is 1.95 bits per heavy atom. The summed E-state index contributed by atoms with van der Waals surface area (Å²) in [5.74, 6) is 1.11. The van der Waals surface area contributed by atoms with Crippen LogP contribution in [-0.4, -0.2) is 19.0 Å². The predicted octanol–water partition coefficient (Wildman–Crippen LogP) is 4.00. The zero-order chi connectivity index (χ0) is 15.2. The van der Waals surface area contributed by atoms with Gasteiger partial charge in [0.1, 0.15) is 0 Å². The molecule has 0 unspecified atom stereocenters. The average Bonchev–Trinajstić information content (AvgIpc) is 2.47. The molecule has 0 atom stereocenters. The van der Waals surface area contributed by atoms with Gasteiger partial charge >= 0.3 is 0 Å². The van der Waals surface area contributed by atoms with Gasteiger partial charge in [0.25, 0.3) is 5.24 Å². The molecule has 2 rings (SSSR count). The third-order valence-corrected chi connectivity index (χ3v) is 3.34. The highest BCUT2D eigenvalue weighted by atomic mass is 35.5. The first kappa shape index (κ1) is 15.4. The van der Waals surface area contributed by atoms with Crippen molar-refractivity contribution in [2.45, 2.75) is 13.3 Å². The van der Waals surface area contributed by atoms with E-state index in [1.165, 1.54) is 11.1 Å². The maximum absolute atomic E-state index is 11.2. The van der Waals surface area contributed by atoms with E-state index in [0.29, 0.717) is 23.7 Å². The maximum Gasteiger partial charge on any atom is 0.252 e. The largest absolute Gasteiger partial charge is 0.493 e. The van der Waals surface area contributed by atoms with E-state index < -0.39 is 5.24 Å². The zero-order valence-corrected chi connectivity index (χ0v) is 12.8. The van der Waals surface area contributed by atoms with Crippen LogP contribution in [0.5, 0.6) is 11.5 Å². The Bertz CT molecular complexity index is 638. The monoisotopic (exact) mass is 304 g/mol. The normalized spacial score (nSPS) is 10.2. The lowest BCUT2D eigenvalue weighted by atomic mass is 10.1. The molecule has 0 heterocycles. The Kier molecular flexibility index (Phi) is 5.23.